The molecule has 1 aliphatic heterocycles. The highest BCUT2D eigenvalue weighted by atomic mass is 32.2. The second kappa shape index (κ2) is 13.8. The first-order chi connectivity index (χ1) is 19.5. The lowest BCUT2D eigenvalue weighted by molar-refractivity contribution is -0.228. The number of hydroxylamine groups is 2. The Morgan fingerprint density at radius 1 is 0.850 bits per heavy atom. The van der Waals surface area contributed by atoms with Gasteiger partial charge in [0.05, 0.1) is 0 Å². The van der Waals surface area contributed by atoms with Gasteiger partial charge in [-0.2, -0.15) is 0 Å². The van der Waals surface area contributed by atoms with Crippen molar-refractivity contribution in [3.8, 4) is 0 Å². The van der Waals surface area contributed by atoms with Crippen molar-refractivity contribution >= 4 is 28.8 Å². The fourth-order valence-electron chi connectivity index (χ4n) is 6.46. The number of benzene rings is 2. The summed E-state index contributed by atoms with van der Waals surface area (Å²) in [5.41, 5.74) is 2.79. The van der Waals surface area contributed by atoms with Crippen LogP contribution in [0, 0.1) is 5.92 Å². The van der Waals surface area contributed by atoms with Crippen LogP contribution < -0.4 is 0 Å². The van der Waals surface area contributed by atoms with Gasteiger partial charge in [0, 0.05) is 42.3 Å². The molecule has 2 aliphatic carbocycles. The zero-order valence-electron chi connectivity index (χ0n) is 23.6. The van der Waals surface area contributed by atoms with Crippen LogP contribution in [0.25, 0.3) is 0 Å². The molecule has 40 heavy (non-hydrogen) atoms. The van der Waals surface area contributed by atoms with E-state index >= 15 is 0 Å². The van der Waals surface area contributed by atoms with Crippen molar-refractivity contribution in [3.63, 3.8) is 0 Å². The van der Waals surface area contributed by atoms with Gasteiger partial charge in [-0.05, 0) is 36.8 Å². The van der Waals surface area contributed by atoms with Gasteiger partial charge in [0.25, 0.3) is 0 Å². The molecule has 0 saturated heterocycles. The quantitative estimate of drug-likeness (QED) is 0.339. The molecule has 0 spiro atoms. The smallest absolute Gasteiger partial charge is 0.348 e. The molecule has 5 rings (SSSR count). The van der Waals surface area contributed by atoms with Gasteiger partial charge in [-0.15, -0.1) is 5.06 Å². The second-order valence-electron chi connectivity index (χ2n) is 11.7. The van der Waals surface area contributed by atoms with Gasteiger partial charge < -0.3 is 9.74 Å². The molecule has 214 valence electrons. The molecule has 0 bridgehead atoms. The predicted molar refractivity (Wildman–Crippen MR) is 159 cm³/mol. The largest absolute Gasteiger partial charge is 0.365 e. The lowest BCUT2D eigenvalue weighted by Gasteiger charge is -2.42. The van der Waals surface area contributed by atoms with Crippen LogP contribution in [0.1, 0.15) is 92.6 Å². The number of amides is 1. The third-order valence-electron chi connectivity index (χ3n) is 8.76. The van der Waals surface area contributed by atoms with Crippen LogP contribution in [0.4, 0.5) is 0 Å². The fraction of sp³-hybridized carbons (Fsp3) is 0.545. The van der Waals surface area contributed by atoms with Crippen molar-refractivity contribution in [2.45, 2.75) is 102 Å². The van der Waals surface area contributed by atoms with Gasteiger partial charge in [0.1, 0.15) is 6.04 Å². The first-order valence-corrected chi connectivity index (χ1v) is 16.1. The molecule has 0 aromatic heterocycles. The number of carbonyl (C=O) groups is 3. The molecule has 6 nitrogen and oxygen atoms in total. The molecule has 3 aliphatic rings. The minimum atomic E-state index is -0.672. The Balaban J connectivity index is 1.32. The fourth-order valence-corrected chi connectivity index (χ4v) is 7.31. The van der Waals surface area contributed by atoms with E-state index < -0.39 is 12.0 Å². The molecule has 2 saturated carbocycles. The lowest BCUT2D eigenvalue weighted by atomic mass is 9.90. The highest BCUT2D eigenvalue weighted by molar-refractivity contribution is 8.14. The summed E-state index contributed by atoms with van der Waals surface area (Å²) in [4.78, 5) is 48.5. The molecule has 2 aromatic carbocycles. The number of hydrogen-bond acceptors (Lipinski definition) is 6. The van der Waals surface area contributed by atoms with Crippen molar-refractivity contribution < 1.29 is 19.2 Å². The molecule has 7 heteroatoms. The number of carbonyl (C=O) groups excluding carboxylic acids is 3. The van der Waals surface area contributed by atoms with Gasteiger partial charge >= 0.3 is 5.97 Å². The monoisotopic (exact) mass is 562 g/mol. The summed E-state index contributed by atoms with van der Waals surface area (Å²) in [6.07, 6.45) is 11.9. The highest BCUT2D eigenvalue weighted by Crippen LogP contribution is 2.32. The summed E-state index contributed by atoms with van der Waals surface area (Å²) in [6.45, 7) is 2.23. The molecular weight excluding hydrogens is 520 g/mol. The van der Waals surface area contributed by atoms with Crippen molar-refractivity contribution in [2.75, 3.05) is 5.75 Å². The number of hydrogen-bond donors (Lipinski definition) is 0. The van der Waals surface area contributed by atoms with E-state index in [4.69, 9.17) is 4.84 Å². The number of thioether (sulfide) groups is 1. The number of nitrogens with zero attached hydrogens (tertiary/aromatic N) is 2. The van der Waals surface area contributed by atoms with Crippen LogP contribution >= 0.6 is 11.8 Å². The van der Waals surface area contributed by atoms with Crippen LogP contribution in [0.5, 0.6) is 0 Å². The molecule has 2 aromatic rings. The van der Waals surface area contributed by atoms with Crippen LogP contribution in [-0.4, -0.2) is 50.8 Å². The molecule has 2 fully saturated rings. The third-order valence-corrected chi connectivity index (χ3v) is 9.93. The van der Waals surface area contributed by atoms with E-state index in [-0.39, 0.29) is 29.1 Å². The summed E-state index contributed by atoms with van der Waals surface area (Å²) in [5, 5.41) is 2.01. The summed E-state index contributed by atoms with van der Waals surface area (Å²) in [6, 6.07) is 17.1. The Morgan fingerprint density at radius 3 is 2.05 bits per heavy atom. The minimum Gasteiger partial charge on any atom is -0.365 e. The maximum absolute atomic E-state index is 14.0. The van der Waals surface area contributed by atoms with Crippen LogP contribution in [0.2, 0.25) is 0 Å². The zero-order valence-corrected chi connectivity index (χ0v) is 24.5. The second-order valence-corrected chi connectivity index (χ2v) is 12.7. The lowest BCUT2D eigenvalue weighted by Crippen LogP contribution is -2.54. The maximum Gasteiger partial charge on any atom is 0.348 e. The van der Waals surface area contributed by atoms with Crippen LogP contribution in [-0.2, 0) is 27.4 Å². The van der Waals surface area contributed by atoms with E-state index in [1.807, 2.05) is 43.3 Å². The van der Waals surface area contributed by atoms with E-state index in [9.17, 15) is 14.4 Å². The van der Waals surface area contributed by atoms with Gasteiger partial charge in [0.15, 0.2) is 0 Å². The van der Waals surface area contributed by atoms with E-state index in [0.29, 0.717) is 24.3 Å². The Kier molecular flexibility index (Phi) is 9.97. The number of rotatable bonds is 8. The topological polar surface area (TPSA) is 66.9 Å². The zero-order chi connectivity index (χ0) is 27.9. The average molecular weight is 563 g/mol. The van der Waals surface area contributed by atoms with Crippen LogP contribution in [0.15, 0.2) is 54.6 Å². The normalized spacial score (nSPS) is 21.1. The average Bonchev–Trinajstić information content (AvgIpc) is 3.02. The van der Waals surface area contributed by atoms with E-state index in [1.54, 1.807) is 17.0 Å². The third kappa shape index (κ3) is 6.98. The SMILES string of the molecule is C[C@H](CSC(=O)c1ccccc1)C(=O)N1Cc2ccccc2C[C@H]1C(=O)ON(C1CCCCC1)C1CCCCC1. The maximum atomic E-state index is 14.0. The Morgan fingerprint density at radius 2 is 1.43 bits per heavy atom. The first kappa shape index (κ1) is 28.9. The summed E-state index contributed by atoms with van der Waals surface area (Å²) in [7, 11) is 0. The molecule has 1 amide bonds. The summed E-state index contributed by atoms with van der Waals surface area (Å²) in [5.74, 6) is -0.472. The van der Waals surface area contributed by atoms with Crippen molar-refractivity contribution in [1.82, 2.24) is 9.96 Å². The number of fused-ring (bicyclic) bond motifs is 1. The molecule has 0 N–H and O–H groups in total. The van der Waals surface area contributed by atoms with Gasteiger partial charge in [0.2, 0.25) is 11.0 Å². The molecule has 1 heterocycles. The van der Waals surface area contributed by atoms with Crippen molar-refractivity contribution in [3.05, 3.63) is 71.3 Å². The Labute approximate surface area is 242 Å². The molecule has 0 unspecified atom stereocenters. The van der Waals surface area contributed by atoms with Gasteiger partial charge in [-0.1, -0.05) is 112 Å². The molecule has 2 atom stereocenters. The Hall–Kier alpha value is -2.64. The van der Waals surface area contributed by atoms with Gasteiger partial charge in [-0.25, -0.2) is 4.79 Å². The van der Waals surface area contributed by atoms with Crippen molar-refractivity contribution in [1.29, 1.82) is 0 Å². The standard InChI is InChI=1S/C33H42N2O4S/c1-24(23-40-33(38)25-13-5-2-6-14-25)31(36)34-22-27-16-12-11-15-26(27)21-30(34)32(37)39-35(28-17-7-3-8-18-28)29-19-9-4-10-20-29/h2,5-6,11-16,24,28-30H,3-4,7-10,17-23H2,1H3/t24-,30+/m1/s1. The van der Waals surface area contributed by atoms with Gasteiger partial charge in [-0.3, -0.25) is 9.59 Å². The van der Waals surface area contributed by atoms with Crippen molar-refractivity contribution in [2.24, 2.45) is 5.92 Å². The predicted octanol–water partition coefficient (Wildman–Crippen LogP) is 6.58. The molecule has 0 radical (unpaired) electrons. The molecular formula is C33H42N2O4S. The summed E-state index contributed by atoms with van der Waals surface area (Å²) < 4.78 is 0. The van der Waals surface area contributed by atoms with Crippen LogP contribution in [0.3, 0.4) is 0 Å². The highest BCUT2D eigenvalue weighted by Gasteiger charge is 2.40. The van der Waals surface area contributed by atoms with E-state index in [1.165, 1.54) is 38.5 Å². The van der Waals surface area contributed by atoms with E-state index in [0.717, 1.165) is 48.6 Å². The van der Waals surface area contributed by atoms with E-state index in [2.05, 4.69) is 11.1 Å². The Bertz CT molecular complexity index is 1140. The summed E-state index contributed by atoms with van der Waals surface area (Å²) >= 11 is 1.16. The first-order valence-electron chi connectivity index (χ1n) is 15.1. The minimum absolute atomic E-state index is 0.0456.